The van der Waals surface area contributed by atoms with Crippen LogP contribution in [0.25, 0.3) is 0 Å². The molecule has 1 aliphatic heterocycles. The van der Waals surface area contributed by atoms with Crippen LogP contribution in [0.5, 0.6) is 0 Å². The number of hydrogen-bond acceptors (Lipinski definition) is 2. The Morgan fingerprint density at radius 1 is 1.19 bits per heavy atom. The minimum absolute atomic E-state index is 0.0662. The molecule has 1 saturated heterocycles. The summed E-state index contributed by atoms with van der Waals surface area (Å²) >= 11 is 5.65. The molecule has 4 nitrogen and oxygen atoms in total. The maximum absolute atomic E-state index is 13.8. The Balaban J connectivity index is 1.83. The number of pyridine rings is 1. The summed E-state index contributed by atoms with van der Waals surface area (Å²) in [6, 6.07) is 12.9. The molecule has 3 aromatic rings. The number of halogens is 1. The zero-order valence-corrected chi connectivity index (χ0v) is 15.4. The largest absolute Gasteiger partial charge is 0.357 e. The van der Waals surface area contributed by atoms with Gasteiger partial charge in [0.15, 0.2) is 5.11 Å². The Morgan fingerprint density at radius 2 is 2.04 bits per heavy atom. The molecule has 2 aromatic heterocycles. The molecule has 1 fully saturated rings. The van der Waals surface area contributed by atoms with Crippen molar-refractivity contribution in [3.63, 3.8) is 0 Å². The SMILES string of the molecule is Cc1cc(N2C(=S)N[C@@H](c3ccccn3)[C@H]2c2ccn(C)c2)ccc1F. The van der Waals surface area contributed by atoms with E-state index in [2.05, 4.69) is 27.5 Å². The first kappa shape index (κ1) is 16.7. The lowest BCUT2D eigenvalue weighted by molar-refractivity contribution is 0.567. The molecule has 2 atom stereocenters. The minimum atomic E-state index is -0.218. The lowest BCUT2D eigenvalue weighted by Gasteiger charge is -2.27. The van der Waals surface area contributed by atoms with E-state index in [0.717, 1.165) is 16.9 Å². The Hall–Kier alpha value is -2.73. The summed E-state index contributed by atoms with van der Waals surface area (Å²) < 4.78 is 15.8. The summed E-state index contributed by atoms with van der Waals surface area (Å²) in [6.45, 7) is 1.76. The van der Waals surface area contributed by atoms with Gasteiger partial charge in [0.2, 0.25) is 0 Å². The number of anilines is 1. The molecule has 0 aliphatic carbocycles. The highest BCUT2D eigenvalue weighted by molar-refractivity contribution is 7.80. The average molecular weight is 366 g/mol. The second-order valence-corrected chi connectivity index (χ2v) is 6.93. The van der Waals surface area contributed by atoms with Crippen LogP contribution in [0.1, 0.15) is 28.9 Å². The van der Waals surface area contributed by atoms with Crippen LogP contribution in [-0.2, 0) is 7.05 Å². The number of aryl methyl sites for hydroxylation is 2. The standard InChI is InChI=1S/C20H19FN4S/c1-13-11-15(6-7-16(13)21)25-19(14-8-10-24(2)12-14)18(23-20(25)26)17-5-3-4-9-22-17/h3-12,18-19H,1-2H3,(H,23,26)/t18-,19+/m0/s1. The van der Waals surface area contributed by atoms with Crippen LogP contribution in [-0.4, -0.2) is 14.7 Å². The second kappa shape index (κ2) is 6.53. The number of aromatic nitrogens is 2. The summed E-state index contributed by atoms with van der Waals surface area (Å²) in [5.74, 6) is -0.218. The first-order valence-corrected chi connectivity index (χ1v) is 8.84. The molecule has 0 saturated carbocycles. The smallest absolute Gasteiger partial charge is 0.174 e. The van der Waals surface area contributed by atoms with Gasteiger partial charge in [-0.3, -0.25) is 4.98 Å². The number of rotatable bonds is 3. The number of nitrogens with zero attached hydrogens (tertiary/aromatic N) is 3. The van der Waals surface area contributed by atoms with Gasteiger partial charge in [0.25, 0.3) is 0 Å². The van der Waals surface area contributed by atoms with E-state index in [0.29, 0.717) is 10.7 Å². The van der Waals surface area contributed by atoms with Crippen LogP contribution < -0.4 is 10.2 Å². The van der Waals surface area contributed by atoms with E-state index in [1.54, 1.807) is 19.2 Å². The van der Waals surface area contributed by atoms with E-state index >= 15 is 0 Å². The summed E-state index contributed by atoms with van der Waals surface area (Å²) in [5, 5.41) is 4.01. The normalized spacial score (nSPS) is 19.7. The van der Waals surface area contributed by atoms with Crippen molar-refractivity contribution in [1.29, 1.82) is 0 Å². The first-order valence-electron chi connectivity index (χ1n) is 8.43. The van der Waals surface area contributed by atoms with Gasteiger partial charge in [0.05, 0.1) is 17.8 Å². The van der Waals surface area contributed by atoms with E-state index in [-0.39, 0.29) is 17.9 Å². The van der Waals surface area contributed by atoms with Gasteiger partial charge in [0, 0.05) is 31.3 Å². The number of thiocarbonyl (C=S) groups is 1. The topological polar surface area (TPSA) is 33.1 Å². The molecule has 132 valence electrons. The van der Waals surface area contributed by atoms with E-state index in [1.807, 2.05) is 42.1 Å². The molecule has 0 amide bonds. The Bertz CT molecular complexity index is 953. The van der Waals surface area contributed by atoms with Crippen molar-refractivity contribution in [1.82, 2.24) is 14.9 Å². The van der Waals surface area contributed by atoms with Crippen molar-refractivity contribution in [3.8, 4) is 0 Å². The van der Waals surface area contributed by atoms with E-state index in [1.165, 1.54) is 6.07 Å². The summed E-state index contributed by atoms with van der Waals surface area (Å²) in [5.41, 5.74) is 3.51. The molecular weight excluding hydrogens is 347 g/mol. The number of hydrogen-bond donors (Lipinski definition) is 1. The van der Waals surface area contributed by atoms with Crippen molar-refractivity contribution < 1.29 is 4.39 Å². The van der Waals surface area contributed by atoms with Crippen LogP contribution in [0.3, 0.4) is 0 Å². The van der Waals surface area contributed by atoms with Gasteiger partial charge >= 0.3 is 0 Å². The van der Waals surface area contributed by atoms with Gasteiger partial charge in [-0.15, -0.1) is 0 Å². The molecule has 3 heterocycles. The van der Waals surface area contributed by atoms with Crippen LogP contribution in [0.2, 0.25) is 0 Å². The van der Waals surface area contributed by atoms with Crippen molar-refractivity contribution >= 4 is 23.0 Å². The molecule has 1 aliphatic rings. The summed E-state index contributed by atoms with van der Waals surface area (Å²) in [7, 11) is 1.99. The van der Waals surface area contributed by atoms with E-state index < -0.39 is 0 Å². The highest BCUT2D eigenvalue weighted by Gasteiger charge is 2.41. The van der Waals surface area contributed by atoms with Gasteiger partial charge in [0.1, 0.15) is 5.82 Å². The molecule has 0 radical (unpaired) electrons. The lowest BCUT2D eigenvalue weighted by atomic mass is 9.98. The molecular formula is C20H19FN4S. The summed E-state index contributed by atoms with van der Waals surface area (Å²) in [4.78, 5) is 6.57. The predicted molar refractivity (Wildman–Crippen MR) is 104 cm³/mol. The maximum Gasteiger partial charge on any atom is 0.174 e. The van der Waals surface area contributed by atoms with Gasteiger partial charge in [-0.05, 0) is 66.7 Å². The number of benzene rings is 1. The highest BCUT2D eigenvalue weighted by atomic mass is 32.1. The Labute approximate surface area is 157 Å². The summed E-state index contributed by atoms with van der Waals surface area (Å²) in [6.07, 6.45) is 5.88. The van der Waals surface area contributed by atoms with Crippen LogP contribution >= 0.6 is 12.2 Å². The third-order valence-electron chi connectivity index (χ3n) is 4.71. The van der Waals surface area contributed by atoms with Gasteiger partial charge in [-0.2, -0.15) is 0 Å². The fourth-order valence-electron chi connectivity index (χ4n) is 3.45. The van der Waals surface area contributed by atoms with E-state index in [4.69, 9.17) is 12.2 Å². The van der Waals surface area contributed by atoms with Crippen molar-refractivity contribution in [2.45, 2.75) is 19.0 Å². The molecule has 1 aromatic carbocycles. The third kappa shape index (κ3) is 2.86. The maximum atomic E-state index is 13.8. The molecule has 26 heavy (non-hydrogen) atoms. The van der Waals surface area contributed by atoms with Crippen molar-refractivity contribution in [3.05, 3.63) is 83.7 Å². The second-order valence-electron chi connectivity index (χ2n) is 6.54. The quantitative estimate of drug-likeness (QED) is 0.709. The van der Waals surface area contributed by atoms with Crippen molar-refractivity contribution in [2.24, 2.45) is 7.05 Å². The minimum Gasteiger partial charge on any atom is -0.357 e. The molecule has 0 spiro atoms. The van der Waals surface area contributed by atoms with Gasteiger partial charge < -0.3 is 14.8 Å². The van der Waals surface area contributed by atoms with Crippen LogP contribution in [0, 0.1) is 12.7 Å². The average Bonchev–Trinajstić information content (AvgIpc) is 3.21. The van der Waals surface area contributed by atoms with Gasteiger partial charge in [-0.1, -0.05) is 6.07 Å². The Morgan fingerprint density at radius 3 is 2.69 bits per heavy atom. The number of nitrogens with one attached hydrogen (secondary N) is 1. The van der Waals surface area contributed by atoms with Gasteiger partial charge in [-0.25, -0.2) is 4.39 Å². The zero-order valence-electron chi connectivity index (χ0n) is 14.6. The van der Waals surface area contributed by atoms with Crippen LogP contribution in [0.15, 0.2) is 61.1 Å². The highest BCUT2D eigenvalue weighted by Crippen LogP contribution is 2.41. The molecule has 4 rings (SSSR count). The molecule has 6 heteroatoms. The van der Waals surface area contributed by atoms with Crippen LogP contribution in [0.4, 0.5) is 10.1 Å². The fourth-order valence-corrected chi connectivity index (χ4v) is 3.80. The predicted octanol–water partition coefficient (Wildman–Crippen LogP) is 4.04. The molecule has 0 bridgehead atoms. The molecule has 1 N–H and O–H groups in total. The van der Waals surface area contributed by atoms with Crippen molar-refractivity contribution in [2.75, 3.05) is 4.90 Å². The fraction of sp³-hybridized carbons (Fsp3) is 0.200. The third-order valence-corrected chi connectivity index (χ3v) is 5.03. The monoisotopic (exact) mass is 366 g/mol. The zero-order chi connectivity index (χ0) is 18.3. The Kier molecular flexibility index (Phi) is 4.20. The lowest BCUT2D eigenvalue weighted by Crippen LogP contribution is -2.29. The first-order chi connectivity index (χ1) is 12.5. The van der Waals surface area contributed by atoms with E-state index in [9.17, 15) is 4.39 Å². The molecule has 0 unspecified atom stereocenters.